The first-order valence-electron chi connectivity index (χ1n) is 9.82. The monoisotopic (exact) mass is 312 g/mol. The van der Waals surface area contributed by atoms with Gasteiger partial charge in [0.25, 0.3) is 0 Å². The fourth-order valence-corrected chi connectivity index (χ4v) is 3.12. The molecule has 132 valence electrons. The molecule has 0 aliphatic heterocycles. The van der Waals surface area contributed by atoms with Crippen molar-refractivity contribution < 1.29 is 9.47 Å². The Kier molecular flexibility index (Phi) is 10.4. The summed E-state index contributed by atoms with van der Waals surface area (Å²) in [7, 11) is 0. The van der Waals surface area contributed by atoms with Gasteiger partial charge < -0.3 is 9.47 Å². The van der Waals surface area contributed by atoms with Crippen LogP contribution in [0.2, 0.25) is 0 Å². The maximum atomic E-state index is 6.36. The van der Waals surface area contributed by atoms with Gasteiger partial charge in [0.1, 0.15) is 0 Å². The van der Waals surface area contributed by atoms with Gasteiger partial charge in [-0.15, -0.1) is 0 Å². The lowest BCUT2D eigenvalue weighted by Crippen LogP contribution is -2.38. The molecule has 0 N–H and O–H groups in total. The Morgan fingerprint density at radius 3 is 1.23 bits per heavy atom. The molecule has 2 heteroatoms. The van der Waals surface area contributed by atoms with E-state index in [4.69, 9.17) is 9.47 Å². The summed E-state index contributed by atoms with van der Waals surface area (Å²) in [4.78, 5) is 0. The minimum atomic E-state index is -0.312. The molecule has 0 saturated heterocycles. The van der Waals surface area contributed by atoms with E-state index < -0.39 is 0 Å². The first kappa shape index (κ1) is 20.0. The second kappa shape index (κ2) is 11.5. The van der Waals surface area contributed by atoms with Crippen molar-refractivity contribution in [3.05, 3.63) is 0 Å². The number of ether oxygens (including phenoxy) is 2. The van der Waals surface area contributed by atoms with Crippen LogP contribution in [0.3, 0.4) is 0 Å². The summed E-state index contributed by atoms with van der Waals surface area (Å²) < 4.78 is 12.7. The van der Waals surface area contributed by atoms with E-state index in [0.29, 0.717) is 11.8 Å². The fourth-order valence-electron chi connectivity index (χ4n) is 3.12. The normalized spacial score (nSPS) is 21.5. The highest BCUT2D eigenvalue weighted by Crippen LogP contribution is 2.30. The minimum Gasteiger partial charge on any atom is -0.350 e. The van der Waals surface area contributed by atoms with Crippen LogP contribution < -0.4 is 0 Å². The second-order valence-corrected chi connectivity index (χ2v) is 8.00. The highest BCUT2D eigenvalue weighted by atomic mass is 16.7. The van der Waals surface area contributed by atoms with Gasteiger partial charge in [-0.1, -0.05) is 72.6 Å². The molecule has 1 rings (SSSR count). The van der Waals surface area contributed by atoms with Gasteiger partial charge in [-0.05, 0) is 24.7 Å². The molecular weight excluding hydrogens is 272 g/mol. The van der Waals surface area contributed by atoms with E-state index in [1.54, 1.807) is 0 Å². The van der Waals surface area contributed by atoms with E-state index in [9.17, 15) is 0 Å². The largest absolute Gasteiger partial charge is 0.350 e. The molecule has 0 radical (unpaired) electrons. The van der Waals surface area contributed by atoms with Gasteiger partial charge in [0.15, 0.2) is 5.79 Å². The van der Waals surface area contributed by atoms with Crippen molar-refractivity contribution in [2.24, 2.45) is 11.8 Å². The Morgan fingerprint density at radius 2 is 0.909 bits per heavy atom. The van der Waals surface area contributed by atoms with Crippen LogP contribution in [0, 0.1) is 11.8 Å². The molecular formula is C20H40O2. The molecule has 1 saturated carbocycles. The Hall–Kier alpha value is -0.0800. The van der Waals surface area contributed by atoms with Crippen LogP contribution in [0.1, 0.15) is 98.3 Å². The zero-order valence-electron chi connectivity index (χ0n) is 15.7. The molecule has 1 aliphatic carbocycles. The topological polar surface area (TPSA) is 18.5 Å². The Labute approximate surface area is 139 Å². The molecule has 1 aliphatic rings. The van der Waals surface area contributed by atoms with Crippen molar-refractivity contribution >= 4 is 0 Å². The van der Waals surface area contributed by atoms with Crippen LogP contribution in [0.5, 0.6) is 0 Å². The van der Waals surface area contributed by atoms with Crippen molar-refractivity contribution in [3.8, 4) is 0 Å². The van der Waals surface area contributed by atoms with Gasteiger partial charge >= 0.3 is 0 Å². The van der Waals surface area contributed by atoms with Crippen molar-refractivity contribution in [1.82, 2.24) is 0 Å². The first-order chi connectivity index (χ1) is 10.5. The van der Waals surface area contributed by atoms with Gasteiger partial charge in [-0.25, -0.2) is 0 Å². The molecule has 0 bridgehead atoms. The maximum Gasteiger partial charge on any atom is 0.168 e. The molecule has 0 spiro atoms. The van der Waals surface area contributed by atoms with Gasteiger partial charge in [0, 0.05) is 12.8 Å². The summed E-state index contributed by atoms with van der Waals surface area (Å²) in [6.45, 7) is 10.5. The Bertz CT molecular complexity index is 234. The van der Waals surface area contributed by atoms with Gasteiger partial charge in [-0.3, -0.25) is 0 Å². The molecule has 0 unspecified atom stereocenters. The summed E-state index contributed by atoms with van der Waals surface area (Å²) in [6.07, 6.45) is 14.3. The minimum absolute atomic E-state index is 0.312. The molecule has 0 amide bonds. The van der Waals surface area contributed by atoms with E-state index >= 15 is 0 Å². The molecule has 2 nitrogen and oxygen atoms in total. The van der Waals surface area contributed by atoms with Crippen LogP contribution in [-0.4, -0.2) is 19.0 Å². The van der Waals surface area contributed by atoms with Gasteiger partial charge in [-0.2, -0.15) is 0 Å². The average Bonchev–Trinajstić information content (AvgIpc) is 2.46. The summed E-state index contributed by atoms with van der Waals surface area (Å²) in [5, 5.41) is 0. The van der Waals surface area contributed by atoms with Crippen molar-refractivity contribution in [1.29, 1.82) is 0 Å². The van der Waals surface area contributed by atoms with Crippen molar-refractivity contribution in [3.63, 3.8) is 0 Å². The van der Waals surface area contributed by atoms with E-state index in [1.165, 1.54) is 57.8 Å². The third-order valence-corrected chi connectivity index (χ3v) is 4.47. The quantitative estimate of drug-likeness (QED) is 0.533. The summed E-state index contributed by atoms with van der Waals surface area (Å²) in [5.41, 5.74) is 0. The van der Waals surface area contributed by atoms with E-state index in [1.807, 2.05) is 0 Å². The third-order valence-electron chi connectivity index (χ3n) is 4.47. The molecule has 1 fully saturated rings. The Balaban J connectivity index is 2.64. The zero-order valence-corrected chi connectivity index (χ0v) is 15.7. The predicted molar refractivity (Wildman–Crippen MR) is 95.1 cm³/mol. The van der Waals surface area contributed by atoms with Gasteiger partial charge in [0.2, 0.25) is 0 Å². The lowest BCUT2D eigenvalue weighted by atomic mass is 9.96. The van der Waals surface area contributed by atoms with Crippen LogP contribution in [0.15, 0.2) is 0 Å². The molecule has 0 aromatic rings. The molecule has 0 aromatic carbocycles. The van der Waals surface area contributed by atoms with E-state index in [0.717, 1.165) is 26.1 Å². The zero-order chi connectivity index (χ0) is 16.3. The Morgan fingerprint density at radius 1 is 0.591 bits per heavy atom. The molecule has 22 heavy (non-hydrogen) atoms. The number of rotatable bonds is 6. The maximum absolute atomic E-state index is 6.36. The first-order valence-corrected chi connectivity index (χ1v) is 9.82. The lowest BCUT2D eigenvalue weighted by molar-refractivity contribution is -0.254. The average molecular weight is 313 g/mol. The number of hydrogen-bond acceptors (Lipinski definition) is 2. The van der Waals surface area contributed by atoms with Crippen LogP contribution in [-0.2, 0) is 9.47 Å². The smallest absolute Gasteiger partial charge is 0.168 e. The van der Waals surface area contributed by atoms with E-state index in [2.05, 4.69) is 27.7 Å². The van der Waals surface area contributed by atoms with Crippen LogP contribution >= 0.6 is 0 Å². The van der Waals surface area contributed by atoms with Crippen LogP contribution in [0.4, 0.5) is 0 Å². The SMILES string of the molecule is CC(C)COC1(OCC(C)C)CCCCCCCCCCC1. The van der Waals surface area contributed by atoms with Crippen molar-refractivity contribution in [2.45, 2.75) is 104 Å². The standard InChI is InChI=1S/C20H40O2/c1-18(2)16-21-20(22-17-19(3)4)14-12-10-8-6-5-7-9-11-13-15-20/h18-19H,5-17H2,1-4H3. The molecule has 0 aromatic heterocycles. The summed E-state index contributed by atoms with van der Waals surface area (Å²) in [5.74, 6) is 0.829. The van der Waals surface area contributed by atoms with Crippen molar-refractivity contribution in [2.75, 3.05) is 13.2 Å². The fraction of sp³-hybridized carbons (Fsp3) is 1.00. The summed E-state index contributed by atoms with van der Waals surface area (Å²) >= 11 is 0. The van der Waals surface area contributed by atoms with Crippen LogP contribution in [0.25, 0.3) is 0 Å². The summed E-state index contributed by atoms with van der Waals surface area (Å²) in [6, 6.07) is 0. The van der Waals surface area contributed by atoms with E-state index in [-0.39, 0.29) is 5.79 Å². The highest BCUT2D eigenvalue weighted by Gasteiger charge is 2.31. The van der Waals surface area contributed by atoms with Gasteiger partial charge in [0.05, 0.1) is 13.2 Å². The second-order valence-electron chi connectivity index (χ2n) is 8.00. The third kappa shape index (κ3) is 9.15. The molecule has 0 heterocycles. The number of hydrogen-bond donors (Lipinski definition) is 0. The lowest BCUT2D eigenvalue weighted by Gasteiger charge is -2.36. The predicted octanol–water partition coefficient (Wildman–Crippen LogP) is 6.33. The highest BCUT2D eigenvalue weighted by molar-refractivity contribution is 4.73. The molecule has 0 atom stereocenters.